The predicted molar refractivity (Wildman–Crippen MR) is 184 cm³/mol. The Morgan fingerprint density at radius 2 is 1.54 bits per heavy atom. The van der Waals surface area contributed by atoms with Crippen LogP contribution in [0.15, 0.2) is 97.2 Å². The first kappa shape index (κ1) is 32.3. The van der Waals surface area contributed by atoms with Crippen LogP contribution in [-0.4, -0.2) is 32.8 Å². The van der Waals surface area contributed by atoms with Gasteiger partial charge in [0.2, 0.25) is 10.0 Å². The summed E-state index contributed by atoms with van der Waals surface area (Å²) in [5, 5.41) is 10.7. The van der Waals surface area contributed by atoms with E-state index in [0.29, 0.717) is 40.0 Å². The summed E-state index contributed by atoms with van der Waals surface area (Å²) in [7, 11) is -1.97. The highest BCUT2D eigenvalue weighted by molar-refractivity contribution is 7.88. The van der Waals surface area contributed by atoms with Crippen molar-refractivity contribution in [3.63, 3.8) is 0 Å². The number of para-hydroxylation sites is 1. The number of carbonyl (C=O) groups excluding carboxylic acids is 1. The second-order valence-corrected chi connectivity index (χ2v) is 13.6. The van der Waals surface area contributed by atoms with Gasteiger partial charge in [-0.1, -0.05) is 69.3 Å². The Bertz CT molecular complexity index is 1980. The fourth-order valence-corrected chi connectivity index (χ4v) is 5.30. The number of carbonyl (C=O) groups is 1. The van der Waals surface area contributed by atoms with E-state index in [1.54, 1.807) is 24.4 Å². The van der Waals surface area contributed by atoms with Gasteiger partial charge in [-0.25, -0.2) is 22.9 Å². The van der Waals surface area contributed by atoms with Crippen LogP contribution in [0.1, 0.15) is 31.9 Å². The summed E-state index contributed by atoms with van der Waals surface area (Å²) in [4.78, 5) is 17.8. The number of sulfonamides is 1. The second-order valence-electron chi connectivity index (χ2n) is 11.8. The van der Waals surface area contributed by atoms with Crippen molar-refractivity contribution in [2.24, 2.45) is 0 Å². The third kappa shape index (κ3) is 8.12. The highest BCUT2D eigenvalue weighted by Crippen LogP contribution is 2.37. The first-order chi connectivity index (χ1) is 21.9. The summed E-state index contributed by atoms with van der Waals surface area (Å²) in [5.74, 6) is 2.22. The van der Waals surface area contributed by atoms with Gasteiger partial charge in [0, 0.05) is 40.8 Å². The Morgan fingerprint density at radius 3 is 2.24 bits per heavy atom. The first-order valence-corrected chi connectivity index (χ1v) is 16.5. The molecule has 1 aromatic heterocycles. The number of fused-ring (bicyclic) bond motifs is 1. The molecule has 0 unspecified atom stereocenters. The molecule has 4 N–H and O–H groups in total. The molecule has 238 valence electrons. The molecule has 46 heavy (non-hydrogen) atoms. The van der Waals surface area contributed by atoms with Gasteiger partial charge in [0.05, 0.1) is 24.7 Å². The van der Waals surface area contributed by atoms with Crippen molar-refractivity contribution in [3.05, 3.63) is 108 Å². The molecule has 4 aromatic carbocycles. The summed E-state index contributed by atoms with van der Waals surface area (Å²) in [6.45, 7) is 6.12. The molecule has 0 aliphatic heterocycles. The molecule has 10 nitrogen and oxygen atoms in total. The maximum atomic E-state index is 13.4. The maximum Gasteiger partial charge on any atom is 0.323 e. The van der Waals surface area contributed by atoms with Crippen LogP contribution in [0.25, 0.3) is 10.8 Å². The highest BCUT2D eigenvalue weighted by atomic mass is 32.2. The zero-order valence-electron chi connectivity index (χ0n) is 26.3. The molecule has 0 saturated heterocycles. The van der Waals surface area contributed by atoms with Crippen molar-refractivity contribution in [2.75, 3.05) is 29.3 Å². The van der Waals surface area contributed by atoms with E-state index in [0.717, 1.165) is 28.3 Å². The SMILES string of the molecule is COc1c(CNS(C)(=O)=O)cc(C(C)(C)C)cc1NC(=O)Nc1ccc(Oc2ccnc(Nc3ccccc3)c2)c2ccccc12. The number of pyridine rings is 1. The van der Waals surface area contributed by atoms with Crippen LogP contribution in [-0.2, 0) is 22.0 Å². The van der Waals surface area contributed by atoms with E-state index in [1.807, 2.05) is 93.6 Å². The highest BCUT2D eigenvalue weighted by Gasteiger charge is 2.22. The van der Waals surface area contributed by atoms with Gasteiger partial charge in [-0.05, 0) is 47.4 Å². The molecule has 2 amide bonds. The van der Waals surface area contributed by atoms with Crippen molar-refractivity contribution in [2.45, 2.75) is 32.7 Å². The summed E-state index contributed by atoms with van der Waals surface area (Å²) in [6.07, 6.45) is 2.77. The minimum absolute atomic E-state index is 0.00954. The van der Waals surface area contributed by atoms with E-state index in [4.69, 9.17) is 9.47 Å². The van der Waals surface area contributed by atoms with Gasteiger partial charge in [-0.3, -0.25) is 0 Å². The average Bonchev–Trinajstić information content (AvgIpc) is 3.01. The standard InChI is InChI=1S/C35H37N5O5S/c1-35(2,3)24-19-23(22-37-46(5,42)43)33(44-4)30(20-24)40-34(41)39-29-15-16-31(28-14-10-9-13-27(28)29)45-26-17-18-36-32(21-26)38-25-11-7-6-8-12-25/h6-21,37H,22H2,1-5H3,(H,36,38)(H2,39,40,41). The lowest BCUT2D eigenvalue weighted by Crippen LogP contribution is -2.24. The third-order valence-corrected chi connectivity index (χ3v) is 7.82. The van der Waals surface area contributed by atoms with Crippen LogP contribution < -0.4 is 30.1 Å². The van der Waals surface area contributed by atoms with Crippen LogP contribution in [0, 0.1) is 0 Å². The number of hydrogen-bond donors (Lipinski definition) is 4. The number of nitrogens with zero attached hydrogens (tertiary/aromatic N) is 1. The number of rotatable bonds is 10. The van der Waals surface area contributed by atoms with Gasteiger partial charge in [0.1, 0.15) is 23.1 Å². The summed E-state index contributed by atoms with van der Waals surface area (Å²) in [5.41, 5.74) is 3.13. The Hall–Kier alpha value is -5.13. The first-order valence-electron chi connectivity index (χ1n) is 14.6. The van der Waals surface area contributed by atoms with Crippen molar-refractivity contribution < 1.29 is 22.7 Å². The molecular formula is C35H37N5O5S. The lowest BCUT2D eigenvalue weighted by atomic mass is 9.85. The molecular weight excluding hydrogens is 602 g/mol. The van der Waals surface area contributed by atoms with Gasteiger partial charge in [-0.15, -0.1) is 0 Å². The number of hydrogen-bond acceptors (Lipinski definition) is 7. The number of benzene rings is 4. The number of anilines is 4. The molecule has 0 fully saturated rings. The number of amides is 2. The van der Waals surface area contributed by atoms with Crippen LogP contribution in [0.5, 0.6) is 17.2 Å². The summed E-state index contributed by atoms with van der Waals surface area (Å²) < 4.78 is 38.1. The van der Waals surface area contributed by atoms with Gasteiger partial charge in [0.25, 0.3) is 0 Å². The smallest absolute Gasteiger partial charge is 0.323 e. The molecule has 0 spiro atoms. The fraction of sp³-hybridized carbons (Fsp3) is 0.200. The monoisotopic (exact) mass is 639 g/mol. The maximum absolute atomic E-state index is 13.4. The van der Waals surface area contributed by atoms with E-state index >= 15 is 0 Å². The predicted octanol–water partition coefficient (Wildman–Crippen LogP) is 7.77. The Labute approximate surface area is 269 Å². The molecule has 0 radical (unpaired) electrons. The Morgan fingerprint density at radius 1 is 0.848 bits per heavy atom. The molecule has 0 aliphatic carbocycles. The Balaban J connectivity index is 1.39. The fourth-order valence-electron chi connectivity index (χ4n) is 4.88. The van der Waals surface area contributed by atoms with Crippen LogP contribution in [0.3, 0.4) is 0 Å². The quantitative estimate of drug-likeness (QED) is 0.123. The minimum atomic E-state index is -3.45. The number of ether oxygens (including phenoxy) is 2. The summed E-state index contributed by atoms with van der Waals surface area (Å²) in [6, 6.07) is 27.8. The lowest BCUT2D eigenvalue weighted by molar-refractivity contribution is 0.262. The van der Waals surface area contributed by atoms with E-state index in [9.17, 15) is 13.2 Å². The van der Waals surface area contributed by atoms with E-state index in [2.05, 4.69) is 25.7 Å². The number of nitrogens with one attached hydrogen (secondary N) is 4. The van der Waals surface area contributed by atoms with Gasteiger partial charge in [-0.2, -0.15) is 0 Å². The lowest BCUT2D eigenvalue weighted by Gasteiger charge is -2.24. The van der Waals surface area contributed by atoms with Gasteiger partial charge < -0.3 is 25.4 Å². The largest absolute Gasteiger partial charge is 0.494 e. The topological polar surface area (TPSA) is 131 Å². The third-order valence-electron chi connectivity index (χ3n) is 7.15. The van der Waals surface area contributed by atoms with Crippen molar-refractivity contribution in [3.8, 4) is 17.2 Å². The van der Waals surface area contributed by atoms with Crippen LogP contribution in [0.2, 0.25) is 0 Å². The molecule has 0 bridgehead atoms. The zero-order valence-corrected chi connectivity index (χ0v) is 27.2. The van der Waals surface area contributed by atoms with Crippen molar-refractivity contribution in [1.29, 1.82) is 0 Å². The number of aromatic nitrogens is 1. The van der Waals surface area contributed by atoms with Crippen molar-refractivity contribution in [1.82, 2.24) is 9.71 Å². The molecule has 0 atom stereocenters. The second kappa shape index (κ2) is 13.5. The Kier molecular flexibility index (Phi) is 9.45. The molecule has 5 aromatic rings. The molecule has 11 heteroatoms. The van der Waals surface area contributed by atoms with E-state index in [1.165, 1.54) is 7.11 Å². The van der Waals surface area contributed by atoms with E-state index < -0.39 is 16.1 Å². The molecule has 5 rings (SSSR count). The summed E-state index contributed by atoms with van der Waals surface area (Å²) >= 11 is 0. The van der Waals surface area contributed by atoms with Gasteiger partial charge >= 0.3 is 6.03 Å². The average molecular weight is 640 g/mol. The molecule has 0 saturated carbocycles. The molecule has 0 aliphatic rings. The number of methoxy groups -OCH3 is 1. The van der Waals surface area contributed by atoms with Crippen molar-refractivity contribution >= 4 is 49.7 Å². The van der Waals surface area contributed by atoms with Gasteiger partial charge in [0.15, 0.2) is 0 Å². The molecule has 1 heterocycles. The normalized spacial score (nSPS) is 11.6. The van der Waals surface area contributed by atoms with E-state index in [-0.39, 0.29) is 12.0 Å². The zero-order chi connectivity index (χ0) is 32.9. The van der Waals surface area contributed by atoms with Crippen LogP contribution >= 0.6 is 0 Å². The minimum Gasteiger partial charge on any atom is -0.494 e. The number of urea groups is 1. The van der Waals surface area contributed by atoms with Crippen LogP contribution in [0.4, 0.5) is 27.7 Å².